The van der Waals surface area contributed by atoms with Gasteiger partial charge in [0, 0.05) is 13.2 Å². The summed E-state index contributed by atoms with van der Waals surface area (Å²) < 4.78 is 16.7. The monoisotopic (exact) mass is 390 g/mol. The number of carbonyl (C=O) groups excluding carboxylic acids is 1. The van der Waals surface area contributed by atoms with E-state index in [1.54, 1.807) is 36.4 Å². The highest BCUT2D eigenvalue weighted by Crippen LogP contribution is 2.19. The van der Waals surface area contributed by atoms with Crippen LogP contribution in [0.15, 0.2) is 65.1 Å². The molecule has 0 saturated heterocycles. The summed E-state index contributed by atoms with van der Waals surface area (Å²) in [4.78, 5) is 12.4. The zero-order valence-corrected chi connectivity index (χ0v) is 16.2. The molecular formula is C23H22N2O4. The molecule has 2 aromatic carbocycles. The Hall–Kier alpha value is -3.56. The first-order valence-corrected chi connectivity index (χ1v) is 9.34. The lowest BCUT2D eigenvalue weighted by Gasteiger charge is -2.10. The van der Waals surface area contributed by atoms with Crippen LogP contribution in [0.4, 0.5) is 0 Å². The minimum absolute atomic E-state index is 0.128. The third-order valence-corrected chi connectivity index (χ3v) is 4.28. The summed E-state index contributed by atoms with van der Waals surface area (Å²) in [5.41, 5.74) is 2.49. The van der Waals surface area contributed by atoms with Crippen LogP contribution in [0.2, 0.25) is 0 Å². The van der Waals surface area contributed by atoms with Crippen LogP contribution in [-0.2, 0) is 24.5 Å². The second-order valence-corrected chi connectivity index (χ2v) is 6.25. The Morgan fingerprint density at radius 3 is 2.59 bits per heavy atom. The Morgan fingerprint density at radius 2 is 1.79 bits per heavy atom. The van der Waals surface area contributed by atoms with Crippen molar-refractivity contribution in [2.24, 2.45) is 0 Å². The minimum Gasteiger partial charge on any atom is -0.484 e. The second kappa shape index (κ2) is 10.1. The van der Waals surface area contributed by atoms with Gasteiger partial charge in [-0.15, -0.1) is 0 Å². The van der Waals surface area contributed by atoms with Crippen LogP contribution < -0.4 is 10.1 Å². The van der Waals surface area contributed by atoms with Crippen LogP contribution in [0.25, 0.3) is 0 Å². The molecule has 148 valence electrons. The Kier molecular flexibility index (Phi) is 7.04. The van der Waals surface area contributed by atoms with E-state index in [1.165, 1.54) is 0 Å². The Labute approximate surface area is 169 Å². The fourth-order valence-corrected chi connectivity index (χ4v) is 2.76. The molecule has 0 aliphatic heterocycles. The van der Waals surface area contributed by atoms with Gasteiger partial charge in [0.2, 0.25) is 0 Å². The fourth-order valence-electron chi connectivity index (χ4n) is 2.76. The molecule has 1 amide bonds. The van der Waals surface area contributed by atoms with Gasteiger partial charge >= 0.3 is 0 Å². The van der Waals surface area contributed by atoms with Crippen molar-refractivity contribution in [3.63, 3.8) is 0 Å². The van der Waals surface area contributed by atoms with E-state index in [0.29, 0.717) is 36.8 Å². The third kappa shape index (κ3) is 5.47. The standard InChI is InChI=1S/C23H22N2O4/c1-2-27-15-19-9-4-3-8-18(19)14-25-23(26)22-12-11-20(29-22)16-28-21-10-6-5-7-17(21)13-24/h3-12H,2,14-16H2,1H3,(H,25,26). The van der Waals surface area contributed by atoms with Crippen LogP contribution in [0, 0.1) is 11.3 Å². The average Bonchev–Trinajstić information content (AvgIpc) is 3.24. The molecule has 1 heterocycles. The van der Waals surface area contributed by atoms with Crippen molar-refractivity contribution in [1.82, 2.24) is 5.32 Å². The maximum Gasteiger partial charge on any atom is 0.287 e. The van der Waals surface area contributed by atoms with Crippen molar-refractivity contribution in [3.8, 4) is 11.8 Å². The molecule has 6 heteroatoms. The molecular weight excluding hydrogens is 368 g/mol. The molecule has 0 spiro atoms. The van der Waals surface area contributed by atoms with Gasteiger partial charge in [0.05, 0.1) is 12.2 Å². The summed E-state index contributed by atoms with van der Waals surface area (Å²) in [7, 11) is 0. The molecule has 1 aromatic heterocycles. The molecule has 0 aliphatic rings. The lowest BCUT2D eigenvalue weighted by Crippen LogP contribution is -2.23. The van der Waals surface area contributed by atoms with Crippen molar-refractivity contribution < 1.29 is 18.7 Å². The predicted octanol–water partition coefficient (Wildman–Crippen LogP) is 4.20. The molecule has 0 unspecified atom stereocenters. The predicted molar refractivity (Wildman–Crippen MR) is 107 cm³/mol. The normalized spacial score (nSPS) is 10.3. The van der Waals surface area contributed by atoms with Crippen LogP contribution >= 0.6 is 0 Å². The number of hydrogen-bond acceptors (Lipinski definition) is 5. The zero-order chi connectivity index (χ0) is 20.5. The number of nitrogens with one attached hydrogen (secondary N) is 1. The molecule has 0 bridgehead atoms. The molecule has 6 nitrogen and oxygen atoms in total. The summed E-state index contributed by atoms with van der Waals surface area (Å²) in [5.74, 6) is 0.877. The van der Waals surface area contributed by atoms with Crippen molar-refractivity contribution in [2.45, 2.75) is 26.7 Å². The average molecular weight is 390 g/mol. The van der Waals surface area contributed by atoms with Crippen LogP contribution in [0.5, 0.6) is 5.75 Å². The summed E-state index contributed by atoms with van der Waals surface area (Å²) in [6.45, 7) is 3.60. The van der Waals surface area contributed by atoms with E-state index in [4.69, 9.17) is 19.2 Å². The third-order valence-electron chi connectivity index (χ3n) is 4.28. The first-order valence-electron chi connectivity index (χ1n) is 9.34. The summed E-state index contributed by atoms with van der Waals surface area (Å²) >= 11 is 0. The number of benzene rings is 2. The number of ether oxygens (including phenoxy) is 2. The number of carbonyl (C=O) groups is 1. The van der Waals surface area contributed by atoms with E-state index in [-0.39, 0.29) is 18.3 Å². The topological polar surface area (TPSA) is 84.5 Å². The quantitative estimate of drug-likeness (QED) is 0.592. The highest BCUT2D eigenvalue weighted by atomic mass is 16.5. The molecule has 0 fully saturated rings. The maximum absolute atomic E-state index is 12.4. The number of nitrogens with zero attached hydrogens (tertiary/aromatic N) is 1. The summed E-state index contributed by atoms with van der Waals surface area (Å²) in [6.07, 6.45) is 0. The Balaban J connectivity index is 1.57. The van der Waals surface area contributed by atoms with Gasteiger partial charge in [-0.1, -0.05) is 36.4 Å². The van der Waals surface area contributed by atoms with E-state index < -0.39 is 0 Å². The van der Waals surface area contributed by atoms with Crippen molar-refractivity contribution in [3.05, 3.63) is 88.9 Å². The zero-order valence-electron chi connectivity index (χ0n) is 16.2. The number of furan rings is 1. The number of amides is 1. The summed E-state index contributed by atoms with van der Waals surface area (Å²) in [6, 6.07) is 20.2. The molecule has 0 radical (unpaired) electrons. The van der Waals surface area contributed by atoms with Crippen molar-refractivity contribution >= 4 is 5.91 Å². The van der Waals surface area contributed by atoms with E-state index in [1.807, 2.05) is 31.2 Å². The van der Waals surface area contributed by atoms with Gasteiger partial charge in [-0.05, 0) is 42.3 Å². The number of nitriles is 1. The molecule has 0 aliphatic carbocycles. The molecule has 1 N–H and O–H groups in total. The van der Waals surface area contributed by atoms with Crippen LogP contribution in [0.1, 0.15) is 39.9 Å². The summed E-state index contributed by atoms with van der Waals surface area (Å²) in [5, 5.41) is 12.0. The smallest absolute Gasteiger partial charge is 0.287 e. The number of para-hydroxylation sites is 1. The second-order valence-electron chi connectivity index (χ2n) is 6.25. The maximum atomic E-state index is 12.4. The van der Waals surface area contributed by atoms with Crippen molar-refractivity contribution in [2.75, 3.05) is 6.61 Å². The first-order chi connectivity index (χ1) is 14.2. The molecule has 0 atom stereocenters. The van der Waals surface area contributed by atoms with Gasteiger partial charge in [-0.2, -0.15) is 5.26 Å². The molecule has 0 saturated carbocycles. The van der Waals surface area contributed by atoms with E-state index in [2.05, 4.69) is 11.4 Å². The fraction of sp³-hybridized carbons (Fsp3) is 0.217. The first kappa shape index (κ1) is 20.2. The van der Waals surface area contributed by atoms with E-state index in [9.17, 15) is 4.79 Å². The Bertz CT molecular complexity index is 1000. The van der Waals surface area contributed by atoms with Gasteiger partial charge in [0.25, 0.3) is 5.91 Å². The minimum atomic E-state index is -0.306. The van der Waals surface area contributed by atoms with E-state index in [0.717, 1.165) is 11.1 Å². The lowest BCUT2D eigenvalue weighted by atomic mass is 10.1. The number of hydrogen-bond donors (Lipinski definition) is 1. The van der Waals surface area contributed by atoms with E-state index >= 15 is 0 Å². The Morgan fingerprint density at radius 1 is 1.03 bits per heavy atom. The lowest BCUT2D eigenvalue weighted by molar-refractivity contribution is 0.0918. The largest absolute Gasteiger partial charge is 0.484 e. The molecule has 3 aromatic rings. The van der Waals surface area contributed by atoms with Crippen molar-refractivity contribution in [1.29, 1.82) is 5.26 Å². The van der Waals surface area contributed by atoms with Gasteiger partial charge in [-0.25, -0.2) is 0 Å². The van der Waals surface area contributed by atoms with Gasteiger partial charge in [0.1, 0.15) is 24.2 Å². The van der Waals surface area contributed by atoms with Gasteiger partial charge in [0.15, 0.2) is 5.76 Å². The van der Waals surface area contributed by atoms with Gasteiger partial charge in [-0.3, -0.25) is 4.79 Å². The van der Waals surface area contributed by atoms with Crippen LogP contribution in [0.3, 0.4) is 0 Å². The highest BCUT2D eigenvalue weighted by molar-refractivity contribution is 5.91. The number of rotatable bonds is 9. The molecule has 29 heavy (non-hydrogen) atoms. The highest BCUT2D eigenvalue weighted by Gasteiger charge is 2.13. The van der Waals surface area contributed by atoms with Crippen LogP contribution in [-0.4, -0.2) is 12.5 Å². The molecule has 3 rings (SSSR count). The van der Waals surface area contributed by atoms with Gasteiger partial charge < -0.3 is 19.2 Å². The SMILES string of the molecule is CCOCc1ccccc1CNC(=O)c1ccc(COc2ccccc2C#N)o1.